The monoisotopic (exact) mass is 272 g/mol. The molecule has 4 heteroatoms. The van der Waals surface area contributed by atoms with E-state index >= 15 is 0 Å². The molecule has 104 valence electrons. The second kappa shape index (κ2) is 7.80. The van der Waals surface area contributed by atoms with Gasteiger partial charge in [-0.15, -0.1) is 11.6 Å². The van der Waals surface area contributed by atoms with E-state index in [4.69, 9.17) is 16.3 Å². The van der Waals surface area contributed by atoms with E-state index in [1.54, 1.807) is 0 Å². The van der Waals surface area contributed by atoms with Crippen LogP contribution < -0.4 is 0 Å². The number of aryl methyl sites for hydroxylation is 1. The maximum absolute atomic E-state index is 6.28. The first-order chi connectivity index (χ1) is 8.65. The highest BCUT2D eigenvalue weighted by molar-refractivity contribution is 6.20. The SMILES string of the molecule is CCCOCCn1nc(CC)c(C(C)Cl)c1CC. The Labute approximate surface area is 115 Å². The Kier molecular flexibility index (Phi) is 6.72. The molecule has 0 aliphatic heterocycles. The lowest BCUT2D eigenvalue weighted by Crippen LogP contribution is -2.11. The summed E-state index contributed by atoms with van der Waals surface area (Å²) >= 11 is 6.28. The Balaban J connectivity index is 2.83. The number of halogens is 1. The third kappa shape index (κ3) is 3.72. The lowest BCUT2D eigenvalue weighted by atomic mass is 10.1. The summed E-state index contributed by atoms with van der Waals surface area (Å²) in [6.07, 6.45) is 2.96. The highest BCUT2D eigenvalue weighted by Gasteiger charge is 2.18. The molecule has 0 saturated carbocycles. The predicted octanol–water partition coefficient (Wildman–Crippen LogP) is 3.73. The molecule has 1 atom stereocenters. The van der Waals surface area contributed by atoms with Gasteiger partial charge in [0.1, 0.15) is 0 Å². The first kappa shape index (κ1) is 15.5. The Morgan fingerprint density at radius 3 is 2.44 bits per heavy atom. The van der Waals surface area contributed by atoms with Gasteiger partial charge in [-0.3, -0.25) is 4.68 Å². The van der Waals surface area contributed by atoms with Crippen molar-refractivity contribution in [2.75, 3.05) is 13.2 Å². The normalized spacial score (nSPS) is 12.9. The van der Waals surface area contributed by atoms with Crippen molar-refractivity contribution >= 4 is 11.6 Å². The Morgan fingerprint density at radius 2 is 1.94 bits per heavy atom. The summed E-state index contributed by atoms with van der Waals surface area (Å²) in [4.78, 5) is 0. The van der Waals surface area contributed by atoms with Gasteiger partial charge in [0.15, 0.2) is 0 Å². The van der Waals surface area contributed by atoms with E-state index in [-0.39, 0.29) is 5.38 Å². The number of hydrogen-bond acceptors (Lipinski definition) is 2. The van der Waals surface area contributed by atoms with E-state index in [2.05, 4.69) is 30.6 Å². The lowest BCUT2D eigenvalue weighted by molar-refractivity contribution is 0.123. The van der Waals surface area contributed by atoms with Gasteiger partial charge in [0, 0.05) is 17.9 Å². The van der Waals surface area contributed by atoms with Gasteiger partial charge in [0.25, 0.3) is 0 Å². The molecule has 0 aliphatic rings. The second-order valence-corrected chi connectivity index (χ2v) is 5.12. The van der Waals surface area contributed by atoms with Gasteiger partial charge in [-0.25, -0.2) is 0 Å². The zero-order valence-corrected chi connectivity index (χ0v) is 12.8. The summed E-state index contributed by atoms with van der Waals surface area (Å²) in [6, 6.07) is 0. The topological polar surface area (TPSA) is 27.1 Å². The van der Waals surface area contributed by atoms with Crippen molar-refractivity contribution in [1.29, 1.82) is 0 Å². The standard InChI is InChI=1S/C14H25ClN2O/c1-5-9-18-10-8-17-13(7-3)14(11(4)15)12(6-2)16-17/h11H,5-10H2,1-4H3. The summed E-state index contributed by atoms with van der Waals surface area (Å²) < 4.78 is 7.61. The van der Waals surface area contributed by atoms with Gasteiger partial charge in [-0.2, -0.15) is 5.10 Å². The van der Waals surface area contributed by atoms with Crippen LogP contribution in [-0.2, 0) is 24.1 Å². The summed E-state index contributed by atoms with van der Waals surface area (Å²) in [6.45, 7) is 10.8. The minimum Gasteiger partial charge on any atom is -0.380 e. The number of nitrogens with zero attached hydrogens (tertiary/aromatic N) is 2. The molecule has 0 aliphatic carbocycles. The van der Waals surface area contributed by atoms with Crippen LogP contribution in [0.25, 0.3) is 0 Å². The first-order valence-corrected chi connectivity index (χ1v) is 7.39. The zero-order chi connectivity index (χ0) is 13.5. The molecule has 0 aromatic carbocycles. The van der Waals surface area contributed by atoms with Crippen molar-refractivity contribution in [2.24, 2.45) is 0 Å². The Morgan fingerprint density at radius 1 is 1.22 bits per heavy atom. The minimum atomic E-state index is 0.0280. The van der Waals surface area contributed by atoms with Gasteiger partial charge in [-0.1, -0.05) is 20.8 Å². The smallest absolute Gasteiger partial charge is 0.0671 e. The van der Waals surface area contributed by atoms with E-state index in [0.29, 0.717) is 0 Å². The number of alkyl halides is 1. The van der Waals surface area contributed by atoms with E-state index < -0.39 is 0 Å². The van der Waals surface area contributed by atoms with Gasteiger partial charge >= 0.3 is 0 Å². The first-order valence-electron chi connectivity index (χ1n) is 6.95. The number of rotatable bonds is 8. The predicted molar refractivity (Wildman–Crippen MR) is 76.4 cm³/mol. The summed E-state index contributed by atoms with van der Waals surface area (Å²) in [5.74, 6) is 0. The van der Waals surface area contributed by atoms with Crippen molar-refractivity contribution in [2.45, 2.75) is 58.9 Å². The van der Waals surface area contributed by atoms with Crippen LogP contribution in [0.3, 0.4) is 0 Å². The fourth-order valence-electron chi connectivity index (χ4n) is 2.24. The van der Waals surface area contributed by atoms with E-state index in [9.17, 15) is 0 Å². The largest absolute Gasteiger partial charge is 0.380 e. The molecule has 0 fully saturated rings. The van der Waals surface area contributed by atoms with Crippen LogP contribution in [0.5, 0.6) is 0 Å². The molecule has 1 unspecified atom stereocenters. The van der Waals surface area contributed by atoms with Crippen LogP contribution in [0.15, 0.2) is 0 Å². The lowest BCUT2D eigenvalue weighted by Gasteiger charge is -2.09. The highest BCUT2D eigenvalue weighted by Crippen LogP contribution is 2.28. The van der Waals surface area contributed by atoms with E-state index in [1.165, 1.54) is 11.3 Å². The minimum absolute atomic E-state index is 0.0280. The second-order valence-electron chi connectivity index (χ2n) is 4.47. The van der Waals surface area contributed by atoms with Crippen LogP contribution in [0.1, 0.15) is 56.4 Å². The van der Waals surface area contributed by atoms with Crippen molar-refractivity contribution < 1.29 is 4.74 Å². The molecule has 0 spiro atoms. The zero-order valence-electron chi connectivity index (χ0n) is 12.0. The number of ether oxygens (including phenoxy) is 1. The Hall–Kier alpha value is -0.540. The Bertz CT molecular complexity index is 361. The third-order valence-corrected chi connectivity index (χ3v) is 3.26. The van der Waals surface area contributed by atoms with Crippen LogP contribution >= 0.6 is 11.6 Å². The molecule has 0 saturated heterocycles. The number of aromatic nitrogens is 2. The average molecular weight is 273 g/mol. The van der Waals surface area contributed by atoms with Crippen molar-refractivity contribution in [3.05, 3.63) is 17.0 Å². The van der Waals surface area contributed by atoms with E-state index in [1.807, 2.05) is 6.92 Å². The molecule has 1 aromatic rings. The van der Waals surface area contributed by atoms with Crippen LogP contribution in [0.2, 0.25) is 0 Å². The molecule has 18 heavy (non-hydrogen) atoms. The van der Waals surface area contributed by atoms with Crippen LogP contribution in [0.4, 0.5) is 0 Å². The van der Waals surface area contributed by atoms with Crippen molar-refractivity contribution in [3.8, 4) is 0 Å². The van der Waals surface area contributed by atoms with Crippen LogP contribution in [-0.4, -0.2) is 23.0 Å². The molecule has 1 heterocycles. The van der Waals surface area contributed by atoms with Gasteiger partial charge in [-0.05, 0) is 26.2 Å². The fraction of sp³-hybridized carbons (Fsp3) is 0.786. The fourth-order valence-corrected chi connectivity index (χ4v) is 2.49. The molecule has 1 aromatic heterocycles. The van der Waals surface area contributed by atoms with Gasteiger partial charge < -0.3 is 4.74 Å². The maximum atomic E-state index is 6.28. The summed E-state index contributed by atoms with van der Waals surface area (Å²) in [5, 5.41) is 4.70. The molecule has 0 bridgehead atoms. The van der Waals surface area contributed by atoms with Gasteiger partial charge in [0.2, 0.25) is 0 Å². The van der Waals surface area contributed by atoms with Crippen LogP contribution in [0, 0.1) is 0 Å². The molecule has 0 N–H and O–H groups in total. The summed E-state index contributed by atoms with van der Waals surface area (Å²) in [7, 11) is 0. The molecule has 1 rings (SSSR count). The molecule has 3 nitrogen and oxygen atoms in total. The maximum Gasteiger partial charge on any atom is 0.0671 e. The number of hydrogen-bond donors (Lipinski definition) is 0. The summed E-state index contributed by atoms with van der Waals surface area (Å²) in [5.41, 5.74) is 3.61. The van der Waals surface area contributed by atoms with Gasteiger partial charge in [0.05, 0.1) is 24.2 Å². The molecule has 0 amide bonds. The van der Waals surface area contributed by atoms with Crippen molar-refractivity contribution in [3.63, 3.8) is 0 Å². The average Bonchev–Trinajstić information content (AvgIpc) is 2.72. The molecular weight excluding hydrogens is 248 g/mol. The van der Waals surface area contributed by atoms with Crippen molar-refractivity contribution in [1.82, 2.24) is 9.78 Å². The quantitative estimate of drug-likeness (QED) is 0.533. The third-order valence-electron chi connectivity index (χ3n) is 3.04. The molecular formula is C14H25ClN2O. The highest BCUT2D eigenvalue weighted by atomic mass is 35.5. The molecule has 0 radical (unpaired) electrons. The van der Waals surface area contributed by atoms with E-state index in [0.717, 1.165) is 44.7 Å².